The number of aromatic nitrogens is 2. The molecule has 1 unspecified atom stereocenters. The number of fused-ring (bicyclic) bond motifs is 1. The van der Waals surface area contributed by atoms with Crippen LogP contribution in [0.4, 0.5) is 31.9 Å². The third-order valence-corrected chi connectivity index (χ3v) is 7.76. The van der Waals surface area contributed by atoms with Crippen molar-refractivity contribution in [1.82, 2.24) is 9.97 Å². The van der Waals surface area contributed by atoms with Crippen LogP contribution < -0.4 is 20.9 Å². The second kappa shape index (κ2) is 9.60. The van der Waals surface area contributed by atoms with Gasteiger partial charge in [-0.2, -0.15) is 4.98 Å². The molecule has 1 aromatic heterocycles. The first-order valence-electron chi connectivity index (χ1n) is 12.8. The molecule has 3 fully saturated rings. The molecule has 11 heteroatoms. The second-order valence-corrected chi connectivity index (χ2v) is 10.1. The summed E-state index contributed by atoms with van der Waals surface area (Å²) in [5.41, 5.74) is 0.934. The molecule has 1 atom stereocenters. The molecule has 2 saturated carbocycles. The van der Waals surface area contributed by atoms with E-state index in [1.807, 2.05) is 0 Å². The molecule has 4 aliphatic rings. The zero-order valence-electron chi connectivity index (χ0n) is 20.1. The lowest BCUT2D eigenvalue weighted by Crippen LogP contribution is -2.49. The van der Waals surface area contributed by atoms with Crippen LogP contribution in [0.5, 0.6) is 0 Å². The van der Waals surface area contributed by atoms with Crippen molar-refractivity contribution >= 4 is 23.1 Å². The van der Waals surface area contributed by atoms with Gasteiger partial charge in [0.05, 0.1) is 36.9 Å². The van der Waals surface area contributed by atoms with Gasteiger partial charge >= 0.3 is 0 Å². The molecule has 0 bridgehead atoms. The Balaban J connectivity index is 1.21. The van der Waals surface area contributed by atoms with E-state index in [0.717, 1.165) is 56.1 Å². The molecular weight excluding hydrogens is 470 g/mol. The highest BCUT2D eigenvalue weighted by Crippen LogP contribution is 2.40. The van der Waals surface area contributed by atoms with Gasteiger partial charge in [0.15, 0.2) is 17.9 Å². The van der Waals surface area contributed by atoms with Gasteiger partial charge in [0, 0.05) is 31.0 Å². The first kappa shape index (κ1) is 23.6. The highest BCUT2D eigenvalue weighted by atomic mass is 19.1. The van der Waals surface area contributed by atoms with E-state index in [-0.39, 0.29) is 23.9 Å². The molecule has 1 saturated heterocycles. The maximum Gasteiger partial charge on any atom is 0.224 e. The lowest BCUT2D eigenvalue weighted by molar-refractivity contribution is -0.177. The number of rotatable bonds is 5. The van der Waals surface area contributed by atoms with Crippen LogP contribution in [0.25, 0.3) is 0 Å². The summed E-state index contributed by atoms with van der Waals surface area (Å²) in [5.74, 6) is -0.439. The van der Waals surface area contributed by atoms with Crippen LogP contribution in [-0.4, -0.2) is 58.6 Å². The number of halogens is 2. The summed E-state index contributed by atoms with van der Waals surface area (Å²) in [6.07, 6.45) is 7.37. The van der Waals surface area contributed by atoms with Crippen LogP contribution in [0.2, 0.25) is 0 Å². The Hall–Kier alpha value is -2.76. The van der Waals surface area contributed by atoms with Gasteiger partial charge in [-0.15, -0.1) is 0 Å². The molecule has 6 rings (SSSR count). The van der Waals surface area contributed by atoms with Gasteiger partial charge in [0.1, 0.15) is 11.6 Å². The Morgan fingerprint density at radius 1 is 1.03 bits per heavy atom. The number of benzene rings is 1. The largest absolute Gasteiger partial charge is 0.393 e. The molecule has 1 spiro atoms. The van der Waals surface area contributed by atoms with Crippen molar-refractivity contribution < 1.29 is 23.4 Å². The van der Waals surface area contributed by atoms with Gasteiger partial charge in [-0.05, 0) is 50.7 Å². The van der Waals surface area contributed by atoms with Crippen LogP contribution in [0.15, 0.2) is 24.4 Å². The number of ether oxygens (including phenoxy) is 2. The smallest absolute Gasteiger partial charge is 0.224 e. The predicted molar refractivity (Wildman–Crippen MR) is 131 cm³/mol. The molecule has 2 aliphatic carbocycles. The minimum Gasteiger partial charge on any atom is -0.393 e. The lowest BCUT2D eigenvalue weighted by Gasteiger charge is -2.38. The third kappa shape index (κ3) is 4.67. The molecule has 3 heterocycles. The summed E-state index contributed by atoms with van der Waals surface area (Å²) in [5, 5.41) is 20.0. The van der Waals surface area contributed by atoms with E-state index in [4.69, 9.17) is 14.5 Å². The molecule has 0 amide bonds. The van der Waals surface area contributed by atoms with Crippen LogP contribution in [-0.2, 0) is 9.47 Å². The van der Waals surface area contributed by atoms with Gasteiger partial charge in [-0.25, -0.2) is 13.8 Å². The minimum absolute atomic E-state index is 0.0945. The summed E-state index contributed by atoms with van der Waals surface area (Å²) in [7, 11) is 0. The molecular formula is C25H32F2N6O3. The SMILES string of the molecule is OC1CCC(N2c3nc(NC4CCC5(CC4)OCCO5)ncc3NC2Nc2ccc(F)cc2F)CC1. The normalized spacial score (nSPS) is 27.6. The third-order valence-electron chi connectivity index (χ3n) is 7.76. The van der Waals surface area contributed by atoms with E-state index in [1.165, 1.54) is 12.1 Å². The van der Waals surface area contributed by atoms with Crippen molar-refractivity contribution in [3.05, 3.63) is 36.0 Å². The molecule has 2 aromatic rings. The molecule has 9 nitrogen and oxygen atoms in total. The van der Waals surface area contributed by atoms with E-state index < -0.39 is 23.7 Å². The fraction of sp³-hybridized carbons (Fsp3) is 0.600. The van der Waals surface area contributed by atoms with E-state index in [2.05, 4.69) is 25.8 Å². The standard InChI is InChI=1S/C25H32F2N6O3/c26-15-1-6-20(19(27)13-15)30-24-31-21-14-28-23(29-16-7-9-25(10-8-16)35-11-12-36-25)32-22(21)33(24)17-2-4-18(34)5-3-17/h1,6,13-14,16-18,24,30-31,34H,2-5,7-12H2,(H,28,29,32). The predicted octanol–water partition coefficient (Wildman–Crippen LogP) is 3.78. The highest BCUT2D eigenvalue weighted by molar-refractivity contribution is 5.74. The zero-order chi connectivity index (χ0) is 24.7. The highest BCUT2D eigenvalue weighted by Gasteiger charge is 2.41. The Morgan fingerprint density at radius 3 is 2.50 bits per heavy atom. The van der Waals surface area contributed by atoms with Crippen LogP contribution >= 0.6 is 0 Å². The van der Waals surface area contributed by atoms with Crippen LogP contribution in [0.1, 0.15) is 51.4 Å². The van der Waals surface area contributed by atoms with Crippen LogP contribution in [0.3, 0.4) is 0 Å². The first-order valence-corrected chi connectivity index (χ1v) is 12.8. The van der Waals surface area contributed by atoms with Crippen molar-refractivity contribution in [1.29, 1.82) is 0 Å². The van der Waals surface area contributed by atoms with Crippen molar-refractivity contribution in [2.45, 2.75) is 81.6 Å². The summed E-state index contributed by atoms with van der Waals surface area (Å²) in [6, 6.07) is 3.80. The molecule has 4 N–H and O–H groups in total. The fourth-order valence-electron chi connectivity index (χ4n) is 5.83. The Morgan fingerprint density at radius 2 is 1.78 bits per heavy atom. The number of aliphatic hydroxyl groups is 1. The van der Waals surface area contributed by atoms with Crippen molar-refractivity contribution in [3.63, 3.8) is 0 Å². The number of aliphatic hydroxyl groups excluding tert-OH is 1. The van der Waals surface area contributed by atoms with E-state index in [9.17, 15) is 13.9 Å². The zero-order valence-corrected chi connectivity index (χ0v) is 20.1. The topological polar surface area (TPSA) is 104 Å². The van der Waals surface area contributed by atoms with Gasteiger partial charge < -0.3 is 35.4 Å². The first-order chi connectivity index (χ1) is 17.5. The van der Waals surface area contributed by atoms with E-state index in [0.29, 0.717) is 32.0 Å². The van der Waals surface area contributed by atoms with Crippen molar-refractivity contribution in [2.24, 2.45) is 0 Å². The van der Waals surface area contributed by atoms with Gasteiger partial charge in [-0.1, -0.05) is 0 Å². The minimum atomic E-state index is -0.662. The molecule has 36 heavy (non-hydrogen) atoms. The van der Waals surface area contributed by atoms with Gasteiger partial charge in [0.25, 0.3) is 0 Å². The average Bonchev–Trinajstić information content (AvgIpc) is 3.47. The fourth-order valence-corrected chi connectivity index (χ4v) is 5.83. The monoisotopic (exact) mass is 502 g/mol. The van der Waals surface area contributed by atoms with Gasteiger partial charge in [-0.3, -0.25) is 0 Å². The van der Waals surface area contributed by atoms with Crippen molar-refractivity contribution in [3.8, 4) is 0 Å². The van der Waals surface area contributed by atoms with E-state index in [1.54, 1.807) is 6.20 Å². The van der Waals surface area contributed by atoms with Crippen LogP contribution in [0, 0.1) is 11.6 Å². The molecule has 0 radical (unpaired) electrons. The number of anilines is 4. The Bertz CT molecular complexity index is 1080. The number of hydrogen-bond donors (Lipinski definition) is 4. The van der Waals surface area contributed by atoms with E-state index >= 15 is 0 Å². The Labute approximate surface area is 208 Å². The maximum atomic E-state index is 14.5. The Kier molecular flexibility index (Phi) is 6.30. The molecule has 1 aromatic carbocycles. The number of nitrogens with zero attached hydrogens (tertiary/aromatic N) is 3. The maximum absolute atomic E-state index is 14.5. The summed E-state index contributed by atoms with van der Waals surface area (Å²) < 4.78 is 39.6. The van der Waals surface area contributed by atoms with Gasteiger partial charge in [0.2, 0.25) is 5.95 Å². The lowest BCUT2D eigenvalue weighted by atomic mass is 9.90. The number of nitrogens with one attached hydrogen (secondary N) is 3. The molecule has 2 aliphatic heterocycles. The van der Waals surface area contributed by atoms with Crippen molar-refractivity contribution in [2.75, 3.05) is 34.1 Å². The summed E-state index contributed by atoms with van der Waals surface area (Å²) >= 11 is 0. The average molecular weight is 503 g/mol. The second-order valence-electron chi connectivity index (χ2n) is 10.1. The quantitative estimate of drug-likeness (QED) is 0.486. The number of hydrogen-bond acceptors (Lipinski definition) is 9. The molecule has 194 valence electrons. The summed E-state index contributed by atoms with van der Waals surface area (Å²) in [6.45, 7) is 1.31. The summed E-state index contributed by atoms with van der Waals surface area (Å²) in [4.78, 5) is 11.5.